The molecule has 1 aromatic rings. The number of carbonyl (C=O) groups excluding carboxylic acids is 1. The molecular weight excluding hydrogens is 344 g/mol. The summed E-state index contributed by atoms with van der Waals surface area (Å²) in [6, 6.07) is 7.45. The van der Waals surface area contributed by atoms with Gasteiger partial charge in [-0.15, -0.1) is 0 Å². The molecule has 0 radical (unpaired) electrons. The molecule has 1 heterocycles. The van der Waals surface area contributed by atoms with Gasteiger partial charge in [-0.1, -0.05) is 12.1 Å². The van der Waals surface area contributed by atoms with Crippen LogP contribution in [-0.4, -0.2) is 64.3 Å². The van der Waals surface area contributed by atoms with Crippen molar-refractivity contribution in [1.29, 1.82) is 0 Å². The number of rotatable bonds is 9. The molecule has 1 saturated heterocycles. The topological polar surface area (TPSA) is 84.9 Å². The third kappa shape index (κ3) is 6.64. The van der Waals surface area contributed by atoms with E-state index in [2.05, 4.69) is 5.32 Å². The zero-order valence-corrected chi connectivity index (χ0v) is 15.5. The first kappa shape index (κ1) is 19.7. The fourth-order valence-corrected chi connectivity index (χ4v) is 3.47. The summed E-state index contributed by atoms with van der Waals surface area (Å²) < 4.78 is 35.7. The number of sulfonamides is 1. The second kappa shape index (κ2) is 9.17. The zero-order valence-electron chi connectivity index (χ0n) is 14.7. The van der Waals surface area contributed by atoms with Crippen LogP contribution < -0.4 is 10.1 Å². The molecular formula is C17H26N2O5S. The number of benzene rings is 1. The Kier molecular flexibility index (Phi) is 7.22. The molecule has 1 unspecified atom stereocenters. The van der Waals surface area contributed by atoms with Crippen LogP contribution >= 0.6 is 0 Å². The van der Waals surface area contributed by atoms with Crippen LogP contribution in [0.4, 0.5) is 0 Å². The Labute approximate surface area is 149 Å². The van der Waals surface area contributed by atoms with Crippen molar-refractivity contribution in [3.63, 3.8) is 0 Å². The van der Waals surface area contributed by atoms with Crippen molar-refractivity contribution in [3.8, 4) is 5.75 Å². The standard InChI is InChI=1S/C17H26N2O5S/c1-23-15-6-3-5-14(11-15)8-9-19(25(2,21)22)13-17(20)18-12-16-7-4-10-24-16/h3,5-6,11,16H,4,7-10,12-13H2,1-2H3,(H,18,20). The van der Waals surface area contributed by atoms with Crippen molar-refractivity contribution in [2.24, 2.45) is 0 Å². The lowest BCUT2D eigenvalue weighted by molar-refractivity contribution is -0.121. The lowest BCUT2D eigenvalue weighted by Crippen LogP contribution is -2.43. The van der Waals surface area contributed by atoms with Crippen LogP contribution in [0.1, 0.15) is 18.4 Å². The van der Waals surface area contributed by atoms with E-state index >= 15 is 0 Å². The van der Waals surface area contributed by atoms with E-state index in [1.54, 1.807) is 7.11 Å². The Bertz CT molecular complexity index is 671. The number of hydrogen-bond acceptors (Lipinski definition) is 5. The summed E-state index contributed by atoms with van der Waals surface area (Å²) in [5.74, 6) is 0.407. The predicted molar refractivity (Wildman–Crippen MR) is 95.1 cm³/mol. The quantitative estimate of drug-likeness (QED) is 0.695. The SMILES string of the molecule is COc1cccc(CCN(CC(=O)NCC2CCCO2)S(C)(=O)=O)c1. The normalized spacial score (nSPS) is 17.6. The van der Waals surface area contributed by atoms with Gasteiger partial charge in [0.05, 0.1) is 26.0 Å². The highest BCUT2D eigenvalue weighted by Crippen LogP contribution is 2.14. The molecule has 7 nitrogen and oxygen atoms in total. The van der Waals surface area contributed by atoms with Crippen molar-refractivity contribution in [2.75, 3.05) is 39.6 Å². The average Bonchev–Trinajstić information content (AvgIpc) is 3.09. The van der Waals surface area contributed by atoms with E-state index in [-0.39, 0.29) is 25.1 Å². The number of hydrogen-bond donors (Lipinski definition) is 1. The molecule has 8 heteroatoms. The minimum absolute atomic E-state index is 0.0346. The number of ether oxygens (including phenoxy) is 2. The number of nitrogens with zero attached hydrogens (tertiary/aromatic N) is 1. The first-order valence-corrected chi connectivity index (χ1v) is 10.2. The predicted octanol–water partition coefficient (Wildman–Crippen LogP) is 0.795. The fraction of sp³-hybridized carbons (Fsp3) is 0.588. The van der Waals surface area contributed by atoms with Crippen LogP contribution in [0.25, 0.3) is 0 Å². The number of carbonyl (C=O) groups is 1. The maximum absolute atomic E-state index is 12.1. The molecule has 0 spiro atoms. The van der Waals surface area contributed by atoms with Gasteiger partial charge in [0.15, 0.2) is 0 Å². The first-order valence-electron chi connectivity index (χ1n) is 8.35. The Morgan fingerprint density at radius 1 is 1.44 bits per heavy atom. The molecule has 0 aromatic heterocycles. The Morgan fingerprint density at radius 3 is 2.88 bits per heavy atom. The van der Waals surface area contributed by atoms with Gasteiger partial charge in [-0.3, -0.25) is 4.79 Å². The molecule has 1 N–H and O–H groups in total. The van der Waals surface area contributed by atoms with Crippen LogP contribution in [0.5, 0.6) is 5.75 Å². The summed E-state index contributed by atoms with van der Waals surface area (Å²) in [7, 11) is -1.89. The summed E-state index contributed by atoms with van der Waals surface area (Å²) in [5.41, 5.74) is 0.952. The second-order valence-corrected chi connectivity index (χ2v) is 8.12. The highest BCUT2D eigenvalue weighted by molar-refractivity contribution is 7.88. The fourth-order valence-electron chi connectivity index (χ4n) is 2.69. The van der Waals surface area contributed by atoms with Crippen LogP contribution in [0.15, 0.2) is 24.3 Å². The molecule has 0 saturated carbocycles. The summed E-state index contributed by atoms with van der Waals surface area (Å²) in [4.78, 5) is 12.1. The monoisotopic (exact) mass is 370 g/mol. The van der Waals surface area contributed by atoms with Crippen molar-refractivity contribution < 1.29 is 22.7 Å². The van der Waals surface area contributed by atoms with Gasteiger partial charge in [0.1, 0.15) is 5.75 Å². The van der Waals surface area contributed by atoms with E-state index in [4.69, 9.17) is 9.47 Å². The van der Waals surface area contributed by atoms with Crippen LogP contribution in [-0.2, 0) is 26.0 Å². The number of nitrogens with one attached hydrogen (secondary N) is 1. The van der Waals surface area contributed by atoms with Gasteiger partial charge in [-0.2, -0.15) is 4.31 Å². The van der Waals surface area contributed by atoms with Gasteiger partial charge in [0, 0.05) is 19.7 Å². The third-order valence-electron chi connectivity index (χ3n) is 4.12. The van der Waals surface area contributed by atoms with Gasteiger partial charge in [0.2, 0.25) is 15.9 Å². The molecule has 1 aromatic carbocycles. The van der Waals surface area contributed by atoms with E-state index in [9.17, 15) is 13.2 Å². The second-order valence-electron chi connectivity index (χ2n) is 6.14. The molecule has 140 valence electrons. The molecule has 2 rings (SSSR count). The lowest BCUT2D eigenvalue weighted by Gasteiger charge is -2.20. The summed E-state index contributed by atoms with van der Waals surface area (Å²) in [6.07, 6.45) is 3.57. The van der Waals surface area contributed by atoms with E-state index < -0.39 is 10.0 Å². The van der Waals surface area contributed by atoms with Gasteiger partial charge >= 0.3 is 0 Å². The van der Waals surface area contributed by atoms with E-state index in [1.165, 1.54) is 4.31 Å². The van der Waals surface area contributed by atoms with E-state index in [1.807, 2.05) is 24.3 Å². The Hall–Kier alpha value is -1.64. The maximum atomic E-state index is 12.1. The summed E-state index contributed by atoms with van der Waals surface area (Å²) in [5, 5.41) is 2.75. The van der Waals surface area contributed by atoms with Gasteiger partial charge < -0.3 is 14.8 Å². The van der Waals surface area contributed by atoms with Gasteiger partial charge in [-0.25, -0.2) is 8.42 Å². The van der Waals surface area contributed by atoms with E-state index in [0.29, 0.717) is 13.0 Å². The van der Waals surface area contributed by atoms with Crippen molar-refractivity contribution in [2.45, 2.75) is 25.4 Å². The lowest BCUT2D eigenvalue weighted by atomic mass is 10.1. The summed E-state index contributed by atoms with van der Waals surface area (Å²) in [6.45, 7) is 1.19. The van der Waals surface area contributed by atoms with Crippen molar-refractivity contribution >= 4 is 15.9 Å². The average molecular weight is 370 g/mol. The zero-order chi connectivity index (χ0) is 18.3. The minimum Gasteiger partial charge on any atom is -0.497 e. The van der Waals surface area contributed by atoms with Gasteiger partial charge in [-0.05, 0) is 37.0 Å². The van der Waals surface area contributed by atoms with Crippen molar-refractivity contribution in [1.82, 2.24) is 9.62 Å². The Morgan fingerprint density at radius 2 is 2.24 bits per heavy atom. The number of amides is 1. The molecule has 0 aliphatic carbocycles. The van der Waals surface area contributed by atoms with Crippen LogP contribution in [0, 0.1) is 0 Å². The molecule has 25 heavy (non-hydrogen) atoms. The largest absolute Gasteiger partial charge is 0.497 e. The highest BCUT2D eigenvalue weighted by Gasteiger charge is 2.21. The first-order chi connectivity index (χ1) is 11.9. The summed E-state index contributed by atoms with van der Waals surface area (Å²) >= 11 is 0. The smallest absolute Gasteiger partial charge is 0.235 e. The molecule has 1 aliphatic heterocycles. The Balaban J connectivity index is 1.88. The van der Waals surface area contributed by atoms with Gasteiger partial charge in [0.25, 0.3) is 0 Å². The highest BCUT2D eigenvalue weighted by atomic mass is 32.2. The van der Waals surface area contributed by atoms with Crippen LogP contribution in [0.2, 0.25) is 0 Å². The third-order valence-corrected chi connectivity index (χ3v) is 5.37. The minimum atomic E-state index is -3.47. The maximum Gasteiger partial charge on any atom is 0.235 e. The molecule has 1 aliphatic rings. The van der Waals surface area contributed by atoms with Crippen LogP contribution in [0.3, 0.4) is 0 Å². The molecule has 0 bridgehead atoms. The molecule has 1 atom stereocenters. The van der Waals surface area contributed by atoms with E-state index in [0.717, 1.165) is 37.0 Å². The molecule has 1 amide bonds. The molecule has 1 fully saturated rings. The van der Waals surface area contributed by atoms with Crippen molar-refractivity contribution in [3.05, 3.63) is 29.8 Å². The number of methoxy groups -OCH3 is 1.